The standard InChI is InChI=1S/C24H29N3O/c1-4-18-9-5-7-11-21(18)27-16-19(15-23(27)28)24-25-20-10-6-8-12-22(20)26(24)14-13-17(2)3/h5-12,17,19H,4,13-16H2,1-3H3. The second kappa shape index (κ2) is 7.78. The van der Waals surface area contributed by atoms with Crippen LogP contribution in [0.1, 0.15) is 50.9 Å². The molecule has 1 amide bonds. The number of aryl methyl sites for hydroxylation is 2. The Morgan fingerprint density at radius 3 is 2.64 bits per heavy atom. The van der Waals surface area contributed by atoms with E-state index >= 15 is 0 Å². The van der Waals surface area contributed by atoms with E-state index < -0.39 is 0 Å². The van der Waals surface area contributed by atoms with E-state index in [1.54, 1.807) is 0 Å². The Bertz CT molecular complexity index is 988. The molecule has 0 spiro atoms. The van der Waals surface area contributed by atoms with Crippen LogP contribution in [0.5, 0.6) is 0 Å². The van der Waals surface area contributed by atoms with Gasteiger partial charge in [0.25, 0.3) is 0 Å². The Balaban J connectivity index is 1.69. The van der Waals surface area contributed by atoms with Crippen LogP contribution in [-0.4, -0.2) is 22.0 Å². The Morgan fingerprint density at radius 2 is 1.86 bits per heavy atom. The molecule has 1 aromatic heterocycles. The van der Waals surface area contributed by atoms with Crippen molar-refractivity contribution in [2.75, 3.05) is 11.4 Å². The van der Waals surface area contributed by atoms with Crippen molar-refractivity contribution in [3.05, 3.63) is 59.9 Å². The number of carbonyl (C=O) groups is 1. The summed E-state index contributed by atoms with van der Waals surface area (Å²) in [6, 6.07) is 16.6. The lowest BCUT2D eigenvalue weighted by molar-refractivity contribution is -0.117. The molecule has 2 heterocycles. The highest BCUT2D eigenvalue weighted by Gasteiger charge is 2.35. The molecule has 4 rings (SSSR count). The monoisotopic (exact) mass is 375 g/mol. The lowest BCUT2D eigenvalue weighted by Crippen LogP contribution is -2.25. The first-order valence-corrected chi connectivity index (χ1v) is 10.4. The number of hydrogen-bond acceptors (Lipinski definition) is 2. The van der Waals surface area contributed by atoms with Crippen LogP contribution < -0.4 is 4.90 Å². The molecule has 0 N–H and O–H groups in total. The summed E-state index contributed by atoms with van der Waals surface area (Å²) in [6.07, 6.45) is 2.57. The lowest BCUT2D eigenvalue weighted by atomic mass is 10.1. The maximum atomic E-state index is 12.9. The van der Waals surface area contributed by atoms with Crippen molar-refractivity contribution in [3.8, 4) is 0 Å². The van der Waals surface area contributed by atoms with Gasteiger partial charge in [0.2, 0.25) is 5.91 Å². The quantitative estimate of drug-likeness (QED) is 0.596. The largest absolute Gasteiger partial charge is 0.328 e. The van der Waals surface area contributed by atoms with Gasteiger partial charge >= 0.3 is 0 Å². The fraction of sp³-hybridized carbons (Fsp3) is 0.417. The summed E-state index contributed by atoms with van der Waals surface area (Å²) in [5, 5.41) is 0. The Hall–Kier alpha value is -2.62. The van der Waals surface area contributed by atoms with Crippen molar-refractivity contribution >= 4 is 22.6 Å². The molecule has 1 atom stereocenters. The molecule has 4 heteroatoms. The van der Waals surface area contributed by atoms with Crippen molar-refractivity contribution in [1.29, 1.82) is 0 Å². The van der Waals surface area contributed by atoms with Crippen molar-refractivity contribution in [2.45, 2.75) is 52.5 Å². The highest BCUT2D eigenvalue weighted by molar-refractivity contribution is 5.97. The second-order valence-electron chi connectivity index (χ2n) is 8.18. The number of rotatable bonds is 6. The summed E-state index contributed by atoms with van der Waals surface area (Å²) in [4.78, 5) is 19.8. The van der Waals surface area contributed by atoms with Crippen molar-refractivity contribution in [2.24, 2.45) is 5.92 Å². The summed E-state index contributed by atoms with van der Waals surface area (Å²) in [5.41, 5.74) is 4.49. The zero-order chi connectivity index (χ0) is 19.7. The summed E-state index contributed by atoms with van der Waals surface area (Å²) in [6.45, 7) is 8.30. The molecular weight excluding hydrogens is 346 g/mol. The molecule has 0 radical (unpaired) electrons. The average Bonchev–Trinajstić information content (AvgIpc) is 3.26. The minimum atomic E-state index is 0.136. The Morgan fingerprint density at radius 1 is 1.11 bits per heavy atom. The van der Waals surface area contributed by atoms with E-state index in [2.05, 4.69) is 55.7 Å². The molecule has 2 aromatic carbocycles. The summed E-state index contributed by atoms with van der Waals surface area (Å²) < 4.78 is 2.35. The smallest absolute Gasteiger partial charge is 0.227 e. The SMILES string of the molecule is CCc1ccccc1N1CC(c2nc3ccccc3n2CCC(C)C)CC1=O. The molecule has 0 aliphatic carbocycles. The molecule has 146 valence electrons. The molecule has 0 bridgehead atoms. The number of para-hydroxylation sites is 3. The fourth-order valence-electron chi connectivity index (χ4n) is 4.21. The predicted molar refractivity (Wildman–Crippen MR) is 115 cm³/mol. The Labute approximate surface area is 167 Å². The number of fused-ring (bicyclic) bond motifs is 1. The van der Waals surface area contributed by atoms with Gasteiger partial charge in [0, 0.05) is 31.1 Å². The van der Waals surface area contributed by atoms with Gasteiger partial charge in [0.05, 0.1) is 11.0 Å². The topological polar surface area (TPSA) is 38.1 Å². The second-order valence-corrected chi connectivity index (χ2v) is 8.18. The lowest BCUT2D eigenvalue weighted by Gasteiger charge is -2.20. The van der Waals surface area contributed by atoms with Crippen molar-refractivity contribution < 1.29 is 4.79 Å². The van der Waals surface area contributed by atoms with Gasteiger partial charge in [-0.05, 0) is 42.5 Å². The molecule has 1 saturated heterocycles. The van der Waals surface area contributed by atoms with Crippen LogP contribution in [0.15, 0.2) is 48.5 Å². The van der Waals surface area contributed by atoms with Crippen molar-refractivity contribution in [3.63, 3.8) is 0 Å². The summed E-state index contributed by atoms with van der Waals surface area (Å²) in [7, 11) is 0. The van der Waals surface area contributed by atoms with Crippen LogP contribution in [0.4, 0.5) is 5.69 Å². The van der Waals surface area contributed by atoms with Gasteiger partial charge in [-0.3, -0.25) is 4.79 Å². The van der Waals surface area contributed by atoms with Gasteiger partial charge < -0.3 is 9.47 Å². The van der Waals surface area contributed by atoms with E-state index in [4.69, 9.17) is 4.98 Å². The predicted octanol–water partition coefficient (Wildman–Crippen LogP) is 5.17. The van der Waals surface area contributed by atoms with Gasteiger partial charge in [-0.25, -0.2) is 4.98 Å². The maximum Gasteiger partial charge on any atom is 0.227 e. The number of amides is 1. The van der Waals surface area contributed by atoms with Gasteiger partial charge in [-0.15, -0.1) is 0 Å². The van der Waals surface area contributed by atoms with Crippen LogP contribution in [0.25, 0.3) is 11.0 Å². The third kappa shape index (κ3) is 3.44. The molecule has 1 aliphatic heterocycles. The van der Waals surface area contributed by atoms with Crippen LogP contribution in [0.3, 0.4) is 0 Å². The van der Waals surface area contributed by atoms with Gasteiger partial charge in [0.15, 0.2) is 0 Å². The van der Waals surface area contributed by atoms with Crippen LogP contribution >= 0.6 is 0 Å². The van der Waals surface area contributed by atoms with E-state index in [1.165, 1.54) is 11.1 Å². The number of aromatic nitrogens is 2. The third-order valence-electron chi connectivity index (χ3n) is 5.77. The van der Waals surface area contributed by atoms with Crippen LogP contribution in [0.2, 0.25) is 0 Å². The molecule has 1 aliphatic rings. The van der Waals surface area contributed by atoms with Crippen LogP contribution in [0, 0.1) is 5.92 Å². The first kappa shape index (κ1) is 18.7. The maximum absolute atomic E-state index is 12.9. The number of imidazole rings is 1. The number of hydrogen-bond donors (Lipinski definition) is 0. The van der Waals surface area contributed by atoms with E-state index in [0.717, 1.165) is 36.4 Å². The number of anilines is 1. The van der Waals surface area contributed by atoms with E-state index in [1.807, 2.05) is 23.1 Å². The van der Waals surface area contributed by atoms with Gasteiger partial charge in [-0.2, -0.15) is 0 Å². The molecule has 1 unspecified atom stereocenters. The number of carbonyl (C=O) groups excluding carboxylic acids is 1. The zero-order valence-corrected chi connectivity index (χ0v) is 17.1. The Kier molecular flexibility index (Phi) is 5.21. The average molecular weight is 376 g/mol. The number of benzene rings is 2. The molecule has 1 fully saturated rings. The molecule has 4 nitrogen and oxygen atoms in total. The van der Waals surface area contributed by atoms with Crippen LogP contribution in [-0.2, 0) is 17.8 Å². The summed E-state index contributed by atoms with van der Waals surface area (Å²) in [5.74, 6) is 2.03. The van der Waals surface area contributed by atoms with Gasteiger partial charge in [0.1, 0.15) is 5.82 Å². The minimum Gasteiger partial charge on any atom is -0.328 e. The molecule has 28 heavy (non-hydrogen) atoms. The highest BCUT2D eigenvalue weighted by atomic mass is 16.2. The van der Waals surface area contributed by atoms with E-state index in [9.17, 15) is 4.79 Å². The molecule has 3 aromatic rings. The van der Waals surface area contributed by atoms with E-state index in [-0.39, 0.29) is 11.8 Å². The molecular formula is C24H29N3O. The third-order valence-corrected chi connectivity index (χ3v) is 5.77. The summed E-state index contributed by atoms with van der Waals surface area (Å²) >= 11 is 0. The normalized spacial score (nSPS) is 17.2. The molecule has 0 saturated carbocycles. The minimum absolute atomic E-state index is 0.136. The fourth-order valence-corrected chi connectivity index (χ4v) is 4.21. The zero-order valence-electron chi connectivity index (χ0n) is 17.1. The first-order chi connectivity index (χ1) is 13.6. The highest BCUT2D eigenvalue weighted by Crippen LogP contribution is 2.35. The van der Waals surface area contributed by atoms with Gasteiger partial charge in [-0.1, -0.05) is 51.1 Å². The van der Waals surface area contributed by atoms with Crippen molar-refractivity contribution in [1.82, 2.24) is 9.55 Å². The number of nitrogens with zero attached hydrogens (tertiary/aromatic N) is 3. The first-order valence-electron chi connectivity index (χ1n) is 10.4. The van der Waals surface area contributed by atoms with E-state index in [0.29, 0.717) is 18.9 Å².